The molecule has 0 bridgehead atoms. The first kappa shape index (κ1) is 24.2. The number of nitrogens with one attached hydrogen (secondary N) is 3. The van der Waals surface area contributed by atoms with Crippen LogP contribution in [0.15, 0.2) is 4.99 Å². The molecule has 1 fully saturated rings. The van der Waals surface area contributed by atoms with Crippen molar-refractivity contribution in [2.45, 2.75) is 65.1 Å². The molecule has 25 heavy (non-hydrogen) atoms. The molecule has 1 heterocycles. The molecule has 3 N–H and O–H groups in total. The van der Waals surface area contributed by atoms with Gasteiger partial charge in [-0.1, -0.05) is 0 Å². The summed E-state index contributed by atoms with van der Waals surface area (Å²) in [6, 6.07) is 0. The topological polar surface area (TPSA) is 84.0 Å². The number of rotatable bonds is 7. The van der Waals surface area contributed by atoms with E-state index in [-0.39, 0.29) is 35.7 Å². The van der Waals surface area contributed by atoms with Crippen molar-refractivity contribution in [1.82, 2.24) is 16.0 Å². The van der Waals surface area contributed by atoms with E-state index in [4.69, 9.17) is 9.47 Å². The number of nitrogens with zero attached hydrogens (tertiary/aromatic N) is 1. The Hall–Kier alpha value is -0.770. The largest absolute Gasteiger partial charge is 0.444 e. The smallest absolute Gasteiger partial charge is 0.407 e. The van der Waals surface area contributed by atoms with Gasteiger partial charge in [0, 0.05) is 26.2 Å². The zero-order valence-electron chi connectivity index (χ0n) is 16.2. The number of alkyl carbamates (subject to hydrolysis) is 1. The van der Waals surface area contributed by atoms with Gasteiger partial charge in [-0.15, -0.1) is 24.0 Å². The lowest BCUT2D eigenvalue weighted by molar-refractivity contribution is 0.0283. The molecule has 8 heteroatoms. The van der Waals surface area contributed by atoms with E-state index in [9.17, 15) is 4.79 Å². The molecular weight excluding hydrogens is 435 g/mol. The van der Waals surface area contributed by atoms with Gasteiger partial charge in [-0.2, -0.15) is 0 Å². The highest BCUT2D eigenvalue weighted by molar-refractivity contribution is 14.0. The van der Waals surface area contributed by atoms with Crippen LogP contribution in [-0.4, -0.2) is 56.0 Å². The van der Waals surface area contributed by atoms with Gasteiger partial charge in [0.05, 0.1) is 12.1 Å². The molecule has 0 aliphatic carbocycles. The lowest BCUT2D eigenvalue weighted by Crippen LogP contribution is -2.40. The summed E-state index contributed by atoms with van der Waals surface area (Å²) >= 11 is 0. The number of hydrogen-bond acceptors (Lipinski definition) is 4. The molecule has 0 radical (unpaired) electrons. The Morgan fingerprint density at radius 2 is 1.92 bits per heavy atom. The van der Waals surface area contributed by atoms with Crippen molar-refractivity contribution in [1.29, 1.82) is 0 Å². The van der Waals surface area contributed by atoms with E-state index in [2.05, 4.69) is 27.9 Å². The molecule has 0 spiro atoms. The quantitative estimate of drug-likeness (QED) is 0.231. The van der Waals surface area contributed by atoms with E-state index in [0.29, 0.717) is 13.1 Å². The Morgan fingerprint density at radius 3 is 2.48 bits per heavy atom. The molecule has 7 nitrogen and oxygen atoms in total. The van der Waals surface area contributed by atoms with Gasteiger partial charge in [0.15, 0.2) is 5.96 Å². The molecule has 0 saturated carbocycles. The molecule has 1 amide bonds. The second-order valence-corrected chi connectivity index (χ2v) is 7.31. The summed E-state index contributed by atoms with van der Waals surface area (Å²) in [7, 11) is 0. The molecule has 0 aromatic rings. The van der Waals surface area contributed by atoms with Gasteiger partial charge >= 0.3 is 6.09 Å². The van der Waals surface area contributed by atoms with Crippen LogP contribution >= 0.6 is 24.0 Å². The zero-order valence-corrected chi connectivity index (χ0v) is 18.6. The van der Waals surface area contributed by atoms with Gasteiger partial charge in [-0.25, -0.2) is 4.79 Å². The summed E-state index contributed by atoms with van der Waals surface area (Å²) in [5.74, 6) is 0.784. The first-order valence-corrected chi connectivity index (χ1v) is 8.87. The fourth-order valence-corrected chi connectivity index (χ4v) is 2.35. The second kappa shape index (κ2) is 11.8. The third-order valence-corrected chi connectivity index (χ3v) is 3.53. The van der Waals surface area contributed by atoms with Crippen LogP contribution in [0, 0.1) is 0 Å². The summed E-state index contributed by atoms with van der Waals surface area (Å²) in [4.78, 5) is 16.1. The molecule has 1 aliphatic rings. The van der Waals surface area contributed by atoms with Gasteiger partial charge in [0.1, 0.15) is 5.60 Å². The second-order valence-electron chi connectivity index (χ2n) is 7.31. The maximum Gasteiger partial charge on any atom is 0.407 e. The molecule has 0 aromatic carbocycles. The van der Waals surface area contributed by atoms with Crippen molar-refractivity contribution in [2.24, 2.45) is 4.99 Å². The van der Waals surface area contributed by atoms with E-state index >= 15 is 0 Å². The minimum absolute atomic E-state index is 0. The Morgan fingerprint density at radius 1 is 1.24 bits per heavy atom. The first-order valence-electron chi connectivity index (χ1n) is 8.87. The predicted molar refractivity (Wildman–Crippen MR) is 112 cm³/mol. The standard InChI is InChI=1S/C17H34N4O3.HI/c1-6-18-14(21-13-17(5)9-7-12-23-17)19-10-8-11-20-15(22)24-16(2,3)4;/h6-13H2,1-5H3,(H,20,22)(H2,18,19,21);1H. The van der Waals surface area contributed by atoms with E-state index < -0.39 is 5.60 Å². The molecule has 0 aromatic heterocycles. The Bertz CT molecular complexity index is 419. The zero-order chi connectivity index (χ0) is 18.1. The number of halogens is 1. The average molecular weight is 470 g/mol. The Kier molecular flexibility index (Phi) is 11.4. The molecule has 1 rings (SSSR count). The predicted octanol–water partition coefficient (Wildman–Crippen LogP) is 2.64. The lowest BCUT2D eigenvalue weighted by atomic mass is 10.0. The van der Waals surface area contributed by atoms with Crippen LogP contribution in [0.3, 0.4) is 0 Å². The van der Waals surface area contributed by atoms with Crippen molar-refractivity contribution >= 4 is 36.0 Å². The highest BCUT2D eigenvalue weighted by Crippen LogP contribution is 2.24. The average Bonchev–Trinajstić information content (AvgIpc) is 2.89. The highest BCUT2D eigenvalue weighted by Gasteiger charge is 2.29. The summed E-state index contributed by atoms with van der Waals surface area (Å²) in [6.07, 6.45) is 2.56. The Balaban J connectivity index is 0.00000576. The van der Waals surface area contributed by atoms with Crippen molar-refractivity contribution in [2.75, 3.05) is 32.8 Å². The molecule has 1 aliphatic heterocycles. The Labute approximate surface area is 169 Å². The number of hydrogen-bond donors (Lipinski definition) is 3. The highest BCUT2D eigenvalue weighted by atomic mass is 127. The van der Waals surface area contributed by atoms with Crippen LogP contribution in [0.4, 0.5) is 4.79 Å². The summed E-state index contributed by atoms with van der Waals surface area (Å²) in [5, 5.41) is 9.25. The summed E-state index contributed by atoms with van der Waals surface area (Å²) in [5.41, 5.74) is -0.605. The van der Waals surface area contributed by atoms with Gasteiger partial charge in [0.25, 0.3) is 0 Å². The van der Waals surface area contributed by atoms with Crippen LogP contribution in [0.5, 0.6) is 0 Å². The first-order chi connectivity index (χ1) is 11.2. The number of ether oxygens (including phenoxy) is 2. The van der Waals surface area contributed by atoms with Crippen molar-refractivity contribution in [3.8, 4) is 0 Å². The van der Waals surface area contributed by atoms with Gasteiger partial charge in [-0.05, 0) is 53.9 Å². The SMILES string of the molecule is CCNC(=NCC1(C)CCCO1)NCCCNC(=O)OC(C)(C)C.I. The summed E-state index contributed by atoms with van der Waals surface area (Å²) in [6.45, 7) is 13.3. The third-order valence-electron chi connectivity index (χ3n) is 3.53. The van der Waals surface area contributed by atoms with Crippen molar-refractivity contribution in [3.63, 3.8) is 0 Å². The minimum atomic E-state index is -0.467. The number of carbonyl (C=O) groups excluding carboxylic acids is 1. The maximum atomic E-state index is 11.5. The fourth-order valence-electron chi connectivity index (χ4n) is 2.35. The van der Waals surface area contributed by atoms with Gasteiger partial charge < -0.3 is 25.4 Å². The van der Waals surface area contributed by atoms with Crippen LogP contribution < -0.4 is 16.0 Å². The van der Waals surface area contributed by atoms with Gasteiger partial charge in [-0.3, -0.25) is 4.99 Å². The third kappa shape index (κ3) is 11.5. The van der Waals surface area contributed by atoms with Crippen molar-refractivity contribution in [3.05, 3.63) is 0 Å². The fraction of sp³-hybridized carbons (Fsp3) is 0.882. The molecule has 1 atom stereocenters. The minimum Gasteiger partial charge on any atom is -0.444 e. The normalized spacial score (nSPS) is 20.6. The monoisotopic (exact) mass is 470 g/mol. The van der Waals surface area contributed by atoms with Gasteiger partial charge in [0.2, 0.25) is 0 Å². The number of carbonyl (C=O) groups is 1. The van der Waals surface area contributed by atoms with E-state index in [1.165, 1.54) is 0 Å². The molecule has 148 valence electrons. The van der Waals surface area contributed by atoms with E-state index in [0.717, 1.165) is 44.9 Å². The number of aliphatic imine (C=N–C) groups is 1. The van der Waals surface area contributed by atoms with E-state index in [1.807, 2.05) is 27.7 Å². The van der Waals surface area contributed by atoms with Crippen molar-refractivity contribution < 1.29 is 14.3 Å². The van der Waals surface area contributed by atoms with Crippen LogP contribution in [0.25, 0.3) is 0 Å². The molecule has 1 unspecified atom stereocenters. The maximum absolute atomic E-state index is 11.5. The molecular formula is C17H35IN4O3. The lowest BCUT2D eigenvalue weighted by Gasteiger charge is -2.21. The molecule has 1 saturated heterocycles. The van der Waals surface area contributed by atoms with Crippen LogP contribution in [-0.2, 0) is 9.47 Å². The van der Waals surface area contributed by atoms with E-state index in [1.54, 1.807) is 0 Å². The summed E-state index contributed by atoms with van der Waals surface area (Å²) < 4.78 is 10.9. The number of guanidine groups is 1. The number of amides is 1. The van der Waals surface area contributed by atoms with Crippen LogP contribution in [0.1, 0.15) is 53.9 Å². The van der Waals surface area contributed by atoms with Crippen LogP contribution in [0.2, 0.25) is 0 Å².